The maximum Gasteiger partial charge on any atom is 0.150 e. The van der Waals surface area contributed by atoms with Crippen molar-refractivity contribution < 1.29 is 45.8 Å². The molecule has 10 aromatic rings. The summed E-state index contributed by atoms with van der Waals surface area (Å²) in [7, 11) is 11.7. The van der Waals surface area contributed by atoms with E-state index in [-0.39, 0.29) is 45.4 Å². The number of fused-ring (bicyclic) bond motifs is 4. The Kier molecular flexibility index (Phi) is 42.0. The highest BCUT2D eigenvalue weighted by Crippen LogP contribution is 2.71. The molecule has 0 amide bonds. The van der Waals surface area contributed by atoms with Gasteiger partial charge in [0.05, 0.1) is 34.5 Å². The molecule has 11 heteroatoms. The van der Waals surface area contributed by atoms with Crippen molar-refractivity contribution in [2.75, 3.05) is 88.9 Å². The number of piperidine rings is 3. The van der Waals surface area contributed by atoms with Crippen LogP contribution in [0.1, 0.15) is 263 Å². The van der Waals surface area contributed by atoms with Gasteiger partial charge in [-0.25, -0.2) is 0 Å². The Morgan fingerprint density at radius 3 is 1.18 bits per heavy atom. The number of aldehydes is 1. The van der Waals surface area contributed by atoms with Crippen molar-refractivity contribution in [2.45, 2.75) is 216 Å². The molecule has 9 nitrogen and oxygen atoms in total. The average Bonchev–Trinajstić information content (AvgIpc) is 1.40. The first-order valence-corrected chi connectivity index (χ1v) is 45.4. The number of carbonyl (C=O) groups excluding carboxylic acids is 1. The largest absolute Gasteiger partial charge is 1.00 e. The van der Waals surface area contributed by atoms with Gasteiger partial charge in [-0.3, -0.25) is 4.79 Å². The lowest BCUT2D eigenvalue weighted by atomic mass is 9.85. The number of benzene rings is 10. The summed E-state index contributed by atoms with van der Waals surface area (Å²) in [6.45, 7) is 25.8. The molecule has 4 aliphatic carbocycles. The van der Waals surface area contributed by atoms with E-state index in [1.54, 1.807) is 34.0 Å². The van der Waals surface area contributed by atoms with E-state index in [1.807, 2.05) is 72.7 Å². The number of aryl methyl sites for hydroxylation is 7. The van der Waals surface area contributed by atoms with Crippen LogP contribution in [0.15, 0.2) is 218 Å². The minimum atomic E-state index is -1.95. The van der Waals surface area contributed by atoms with Crippen molar-refractivity contribution in [3.63, 3.8) is 0 Å². The van der Waals surface area contributed by atoms with Gasteiger partial charge in [0.15, 0.2) is 0 Å². The van der Waals surface area contributed by atoms with Crippen molar-refractivity contribution >= 4 is 41.1 Å². The Labute approximate surface area is 737 Å². The van der Waals surface area contributed by atoms with Crippen molar-refractivity contribution in [2.24, 2.45) is 0 Å². The van der Waals surface area contributed by atoms with Crippen LogP contribution in [0.3, 0.4) is 0 Å². The average molecular weight is 1710 g/mol. The quantitative estimate of drug-likeness (QED) is 0.0797. The number of aliphatic hydroxyl groups excluding tert-OH is 1. The van der Waals surface area contributed by atoms with Gasteiger partial charge in [-0.1, -0.05) is 228 Å². The van der Waals surface area contributed by atoms with E-state index in [2.05, 4.69) is 250 Å². The molecule has 0 radical (unpaired) electrons. The first-order chi connectivity index (χ1) is 56.7. The third-order valence-corrected chi connectivity index (χ3v) is 29.9. The Morgan fingerprint density at radius 1 is 0.383 bits per heavy atom. The van der Waals surface area contributed by atoms with Crippen LogP contribution in [0.5, 0.6) is 23.0 Å². The molecule has 3 atom stereocenters. The predicted octanol–water partition coefficient (Wildman–Crippen LogP) is 22.3. The van der Waals surface area contributed by atoms with Gasteiger partial charge in [0.2, 0.25) is 0 Å². The predicted molar refractivity (Wildman–Crippen MR) is 514 cm³/mol. The van der Waals surface area contributed by atoms with Gasteiger partial charge >= 0.3 is 0 Å². The monoisotopic (exact) mass is 1700 g/mol. The SMILES string of the molecule is C.C.C.CC.CC.CC.COc1cccc2c1/C(=C/c1ccc(C3CCN(C)CC3)cc1C)CC2.COc1cccc2c1C(Cc1ccc(C3CCN(C)CC3)cc1C)CC2.COc1cccc2c1C(O)CC2.COc1cccc2c1C([P+](c1ccccc1)(c1ccccc1)c1ccccc1)CC2.Cc1cc(C2CCN(C)CC2)ccc1C=O.[Br-]. The lowest BCUT2D eigenvalue weighted by Crippen LogP contribution is -3.00. The molecule has 646 valence electrons. The number of likely N-dealkylation sites (tertiary alicyclic amines) is 3. The zero-order chi connectivity index (χ0) is 82.7. The van der Waals surface area contributed by atoms with Gasteiger partial charge in [0.1, 0.15) is 58.1 Å². The minimum Gasteiger partial charge on any atom is -1.00 e. The smallest absolute Gasteiger partial charge is 0.150 e. The first-order valence-electron chi connectivity index (χ1n) is 43.6. The number of carbonyl (C=O) groups is 1. The number of methoxy groups -OCH3 is 4. The Balaban J connectivity index is 0.000000233. The molecule has 3 aliphatic heterocycles. The molecule has 3 saturated heterocycles. The van der Waals surface area contributed by atoms with Crippen molar-refractivity contribution in [3.8, 4) is 23.0 Å². The van der Waals surface area contributed by atoms with E-state index in [0.717, 1.165) is 103 Å². The Morgan fingerprint density at radius 2 is 0.750 bits per heavy atom. The third-order valence-electron chi connectivity index (χ3n) is 25.1. The first kappa shape index (κ1) is 100. The van der Waals surface area contributed by atoms with E-state index in [1.165, 1.54) is 184 Å². The number of halogens is 1. The number of aliphatic hydroxyl groups is 1. The van der Waals surface area contributed by atoms with Crippen LogP contribution in [0, 0.1) is 20.8 Å². The summed E-state index contributed by atoms with van der Waals surface area (Å²) >= 11 is 0. The molecule has 0 aromatic heterocycles. The number of hydrogen-bond acceptors (Lipinski definition) is 9. The van der Waals surface area contributed by atoms with Crippen molar-refractivity contribution in [1.29, 1.82) is 0 Å². The number of nitrogens with zero attached hydrogens (tertiary/aromatic N) is 3. The zero-order valence-corrected chi connectivity index (χ0v) is 75.9. The van der Waals surface area contributed by atoms with Crippen LogP contribution >= 0.6 is 7.26 Å². The molecule has 3 heterocycles. The van der Waals surface area contributed by atoms with Crippen LogP contribution in [0.2, 0.25) is 0 Å². The standard InChI is InChI=1S/C28H26OP.C24H31NO.C24H29NO.C14H19NO.C10H12O2.3C2H6.3CH4.BrH/c1-29-26-19-11-12-22-20-21-27(28(22)26)30(23-13-5-2-6-14-23,24-15-7-3-8-16-24)25-17-9-4-10-18-25;2*1-17-15-21(18-11-13-25(2)14-12-18)9-8-20(17)16-22-10-7-19-5-4-6-23(26-3)24(19)22;1-11-9-13(3-4-14(11)10-16)12-5-7-15(2)8-6-12;1-12-9-4-2-3-7-5-6-8(11)10(7)9;3*1-2;;;;/h2-19,27H,20-21H2,1H3;4-6,8-9,15,18,22H,7,10-14,16H2,1-3H3;4-6,8-9,15-16,18H,7,10-14H2,1-3H3;3-4,9-10,12H,5-8H2,1-2H3;2-4,8,11H,5-6H2,1H3;3*1-2H3;3*1H4;1H/q+1;;;;;;;;;;;/p-1/b;;22-16+;;;;;;;;;. The van der Waals surface area contributed by atoms with Gasteiger partial charge in [0.25, 0.3) is 0 Å². The van der Waals surface area contributed by atoms with Crippen LogP contribution in [0.25, 0.3) is 11.6 Å². The molecule has 10 aromatic carbocycles. The normalized spacial score (nSPS) is 17.4. The summed E-state index contributed by atoms with van der Waals surface area (Å²) in [4.78, 5) is 18.0. The molecule has 120 heavy (non-hydrogen) atoms. The number of ether oxygens (including phenoxy) is 4. The molecule has 0 saturated carbocycles. The maximum atomic E-state index is 10.8. The summed E-state index contributed by atoms with van der Waals surface area (Å²) < 4.78 is 22.4. The minimum absolute atomic E-state index is 0. The van der Waals surface area contributed by atoms with E-state index in [0.29, 0.717) is 17.5 Å². The third kappa shape index (κ3) is 24.3. The fraction of sp³-hybridized carbons (Fsp3) is 0.422. The summed E-state index contributed by atoms with van der Waals surface area (Å²) in [5.74, 6) is 6.66. The van der Waals surface area contributed by atoms with Gasteiger partial charge in [0, 0.05) is 27.8 Å². The van der Waals surface area contributed by atoms with Crippen LogP contribution < -0.4 is 51.8 Å². The lowest BCUT2D eigenvalue weighted by molar-refractivity contribution is -0.0000339. The second-order valence-corrected chi connectivity index (χ2v) is 35.4. The van der Waals surface area contributed by atoms with Crippen LogP contribution in [-0.4, -0.2) is 115 Å². The fourth-order valence-electron chi connectivity index (χ4n) is 18.8. The molecule has 1 N–H and O–H groups in total. The zero-order valence-electron chi connectivity index (χ0n) is 73.4. The molecule has 0 bridgehead atoms. The van der Waals surface area contributed by atoms with Gasteiger partial charge < -0.3 is 55.7 Å². The molecule has 0 spiro atoms. The highest BCUT2D eigenvalue weighted by molar-refractivity contribution is 7.96. The molecule has 7 aliphatic rings. The van der Waals surface area contributed by atoms with E-state index >= 15 is 0 Å². The van der Waals surface area contributed by atoms with Gasteiger partial charge in [-0.05, 0) is 334 Å². The Hall–Kier alpha value is -8.44. The maximum absolute atomic E-state index is 10.8. The summed E-state index contributed by atoms with van der Waals surface area (Å²) in [5.41, 5.74) is 24.6. The number of hydrogen-bond donors (Lipinski definition) is 1. The van der Waals surface area contributed by atoms with E-state index < -0.39 is 7.26 Å². The molecule has 17 rings (SSSR count). The second-order valence-electron chi connectivity index (χ2n) is 31.8. The van der Waals surface area contributed by atoms with Gasteiger partial charge in [-0.15, -0.1) is 0 Å². The lowest BCUT2D eigenvalue weighted by Gasteiger charge is -2.33. The number of rotatable bonds is 15. The van der Waals surface area contributed by atoms with E-state index in [9.17, 15) is 9.90 Å². The van der Waals surface area contributed by atoms with Crippen molar-refractivity contribution in [3.05, 3.63) is 313 Å². The summed E-state index contributed by atoms with van der Waals surface area (Å²) in [6, 6.07) is 79.5. The van der Waals surface area contributed by atoms with Crippen LogP contribution in [-0.2, 0) is 32.1 Å². The highest BCUT2D eigenvalue weighted by atomic mass is 79.9. The molecule has 3 fully saturated rings. The van der Waals surface area contributed by atoms with Gasteiger partial charge in [-0.2, -0.15) is 0 Å². The Bertz CT molecular complexity index is 4640. The van der Waals surface area contributed by atoms with E-state index in [4.69, 9.17) is 18.9 Å². The number of allylic oxidation sites excluding steroid dienone is 1. The second kappa shape index (κ2) is 50.2. The molecule has 3 unspecified atom stereocenters. The molecular formula is C109H147BrN3O6P. The van der Waals surface area contributed by atoms with Crippen LogP contribution in [0.4, 0.5) is 0 Å². The molecular weight excluding hydrogens is 1560 g/mol. The van der Waals surface area contributed by atoms with Crippen molar-refractivity contribution in [1.82, 2.24) is 14.7 Å². The topological polar surface area (TPSA) is 83.9 Å². The highest BCUT2D eigenvalue weighted by Gasteiger charge is 2.56. The summed E-state index contributed by atoms with van der Waals surface area (Å²) in [5, 5.41) is 13.9. The summed E-state index contributed by atoms with van der Waals surface area (Å²) in [6.07, 6.45) is 20.4. The fourth-order valence-corrected chi connectivity index (χ4v) is 23.9.